The van der Waals surface area contributed by atoms with E-state index in [1.165, 1.54) is 96.3 Å². The number of carboxylic acids is 1. The molecule has 0 radical (unpaired) electrons. The van der Waals surface area contributed by atoms with Crippen LogP contribution in [-0.4, -0.2) is 75.5 Å². The zero-order valence-corrected chi connectivity index (χ0v) is 30.1. The Morgan fingerprint density at radius 1 is 0.578 bits per heavy atom. The number of hydrogen-bond acceptors (Lipinski definition) is 7. The second-order valence-electron chi connectivity index (χ2n) is 13.8. The smallest absolute Gasteiger partial charge is 0.306 e. The summed E-state index contributed by atoms with van der Waals surface area (Å²) in [5.41, 5.74) is 0. The van der Waals surface area contributed by atoms with Crippen LogP contribution in [0.5, 0.6) is 0 Å². The highest BCUT2D eigenvalue weighted by Crippen LogP contribution is 2.14. The lowest BCUT2D eigenvalue weighted by molar-refractivity contribution is -0.889. The Bertz CT molecular complexity index is 722. The van der Waals surface area contributed by atoms with Crippen LogP contribution < -0.4 is 5.11 Å². The summed E-state index contributed by atoms with van der Waals surface area (Å²) in [6, 6.07) is -0.717. The van der Waals surface area contributed by atoms with Crippen LogP contribution in [0.4, 0.5) is 0 Å². The molecule has 0 saturated carbocycles. The summed E-state index contributed by atoms with van der Waals surface area (Å²) in [7, 11) is 5.40. The molecule has 0 aromatic heterocycles. The SMILES string of the molecule is CCCCCCCCCCCCCCC(=O)OCC(COCCC(C(=O)[O-])[N+](C)(C)C)OC(=O)CCCCCCCCCCC. The van der Waals surface area contributed by atoms with Gasteiger partial charge in [-0.15, -0.1) is 0 Å². The number of unbranched alkanes of at least 4 members (excludes halogenated alkanes) is 19. The summed E-state index contributed by atoms with van der Waals surface area (Å²) < 4.78 is 17.0. The van der Waals surface area contributed by atoms with Gasteiger partial charge in [-0.25, -0.2) is 0 Å². The van der Waals surface area contributed by atoms with Gasteiger partial charge >= 0.3 is 11.9 Å². The maximum absolute atomic E-state index is 12.6. The average molecular weight is 642 g/mol. The minimum Gasteiger partial charge on any atom is -0.544 e. The summed E-state index contributed by atoms with van der Waals surface area (Å²) in [5.74, 6) is -1.73. The Morgan fingerprint density at radius 2 is 0.978 bits per heavy atom. The Morgan fingerprint density at radius 3 is 1.38 bits per heavy atom. The van der Waals surface area contributed by atoms with E-state index in [0.29, 0.717) is 12.8 Å². The third kappa shape index (κ3) is 28.3. The van der Waals surface area contributed by atoms with Crippen LogP contribution in [0.2, 0.25) is 0 Å². The van der Waals surface area contributed by atoms with E-state index in [1.54, 1.807) is 21.1 Å². The van der Waals surface area contributed by atoms with Crippen molar-refractivity contribution in [3.63, 3.8) is 0 Å². The van der Waals surface area contributed by atoms with Gasteiger partial charge in [0.2, 0.25) is 0 Å². The Labute approximate surface area is 276 Å². The van der Waals surface area contributed by atoms with E-state index in [9.17, 15) is 19.5 Å². The van der Waals surface area contributed by atoms with Crippen molar-refractivity contribution in [3.8, 4) is 0 Å². The van der Waals surface area contributed by atoms with Crippen molar-refractivity contribution in [2.24, 2.45) is 0 Å². The fraction of sp³-hybridized carbons (Fsp3) is 0.919. The quantitative estimate of drug-likeness (QED) is 0.0411. The van der Waals surface area contributed by atoms with Crippen LogP contribution in [0.3, 0.4) is 0 Å². The van der Waals surface area contributed by atoms with Gasteiger partial charge in [-0.1, -0.05) is 136 Å². The predicted octanol–water partition coefficient (Wildman–Crippen LogP) is 7.68. The van der Waals surface area contributed by atoms with Gasteiger partial charge in [0.25, 0.3) is 0 Å². The monoisotopic (exact) mass is 642 g/mol. The van der Waals surface area contributed by atoms with Gasteiger partial charge in [0.15, 0.2) is 6.10 Å². The van der Waals surface area contributed by atoms with Crippen LogP contribution in [0.15, 0.2) is 0 Å². The first-order valence-electron chi connectivity index (χ1n) is 18.6. The number of quaternary nitrogens is 1. The Balaban J connectivity index is 4.40. The highest BCUT2D eigenvalue weighted by molar-refractivity contribution is 5.70. The molecule has 0 aliphatic heterocycles. The molecule has 0 spiro atoms. The highest BCUT2D eigenvalue weighted by Gasteiger charge is 2.25. The molecule has 0 aromatic rings. The van der Waals surface area contributed by atoms with E-state index in [0.717, 1.165) is 38.5 Å². The molecule has 2 atom stereocenters. The molecule has 0 aliphatic carbocycles. The highest BCUT2D eigenvalue weighted by atomic mass is 16.6. The van der Waals surface area contributed by atoms with Crippen LogP contribution in [0, 0.1) is 0 Å². The first-order chi connectivity index (χ1) is 21.6. The van der Waals surface area contributed by atoms with E-state index >= 15 is 0 Å². The van der Waals surface area contributed by atoms with Crippen molar-refractivity contribution in [2.45, 2.75) is 180 Å². The summed E-state index contributed by atoms with van der Waals surface area (Å²) in [4.78, 5) is 36.5. The van der Waals surface area contributed by atoms with Gasteiger partial charge in [-0.2, -0.15) is 0 Å². The second-order valence-corrected chi connectivity index (χ2v) is 13.8. The van der Waals surface area contributed by atoms with Gasteiger partial charge in [0, 0.05) is 19.3 Å². The lowest BCUT2D eigenvalue weighted by Gasteiger charge is -2.34. The van der Waals surface area contributed by atoms with Crippen LogP contribution in [-0.2, 0) is 28.6 Å². The van der Waals surface area contributed by atoms with E-state index in [4.69, 9.17) is 14.2 Å². The number of likely N-dealkylation sites (N-methyl/N-ethyl adjacent to an activating group) is 1. The zero-order valence-electron chi connectivity index (χ0n) is 30.1. The number of ether oxygens (including phenoxy) is 3. The van der Waals surface area contributed by atoms with Crippen LogP contribution in [0.1, 0.15) is 168 Å². The molecule has 0 rings (SSSR count). The third-order valence-electron chi connectivity index (χ3n) is 8.49. The minimum atomic E-state index is -1.12. The molecule has 0 heterocycles. The average Bonchev–Trinajstić information content (AvgIpc) is 2.98. The van der Waals surface area contributed by atoms with Crippen molar-refractivity contribution in [1.82, 2.24) is 0 Å². The van der Waals surface area contributed by atoms with Crippen molar-refractivity contribution in [3.05, 3.63) is 0 Å². The minimum absolute atomic E-state index is 0.0479. The molecule has 0 N–H and O–H groups in total. The summed E-state index contributed by atoms with van der Waals surface area (Å²) in [6.45, 7) is 4.64. The van der Waals surface area contributed by atoms with Gasteiger partial charge in [-0.3, -0.25) is 9.59 Å². The lowest BCUT2D eigenvalue weighted by Crippen LogP contribution is -2.55. The maximum atomic E-state index is 12.6. The van der Waals surface area contributed by atoms with Gasteiger partial charge in [0.1, 0.15) is 12.6 Å². The molecule has 45 heavy (non-hydrogen) atoms. The normalized spacial score (nSPS) is 13.0. The molecule has 0 bridgehead atoms. The first-order valence-corrected chi connectivity index (χ1v) is 18.6. The topological polar surface area (TPSA) is 102 Å². The standard InChI is InChI=1S/C37H71NO7/c1-6-8-10-12-14-16-17-18-20-21-23-25-27-35(39)44-32-33(31-43-30-29-34(37(41)42)38(3,4)5)45-36(40)28-26-24-22-19-15-13-11-9-7-2/h33-34H,6-32H2,1-5H3. The molecule has 0 fully saturated rings. The van der Waals surface area contributed by atoms with Crippen LogP contribution in [0.25, 0.3) is 0 Å². The molecule has 0 saturated heterocycles. The Kier molecular flexibility index (Phi) is 28.6. The van der Waals surface area contributed by atoms with Gasteiger partial charge in [0.05, 0.1) is 40.3 Å². The molecule has 8 nitrogen and oxygen atoms in total. The van der Waals surface area contributed by atoms with Crippen LogP contribution >= 0.6 is 0 Å². The first kappa shape index (κ1) is 43.3. The number of hydrogen-bond donors (Lipinski definition) is 0. The number of esters is 2. The number of carboxylic acid groups (broad SMARTS) is 1. The largest absolute Gasteiger partial charge is 0.544 e. The summed E-state index contributed by atoms with van der Waals surface area (Å²) in [5, 5.41) is 11.5. The maximum Gasteiger partial charge on any atom is 0.306 e. The second kappa shape index (κ2) is 29.7. The van der Waals surface area contributed by atoms with E-state index in [1.807, 2.05) is 0 Å². The molecular weight excluding hydrogens is 570 g/mol. The number of carbonyl (C=O) groups excluding carboxylic acids is 3. The molecule has 266 valence electrons. The van der Waals surface area contributed by atoms with Crippen molar-refractivity contribution < 1.29 is 38.2 Å². The summed E-state index contributed by atoms with van der Waals surface area (Å²) in [6.07, 6.45) is 25.5. The number of carbonyl (C=O) groups is 3. The van der Waals surface area contributed by atoms with E-state index < -0.39 is 18.1 Å². The molecular formula is C37H71NO7. The molecule has 2 unspecified atom stereocenters. The lowest BCUT2D eigenvalue weighted by atomic mass is 10.0. The predicted molar refractivity (Wildman–Crippen MR) is 181 cm³/mol. The number of nitrogens with zero attached hydrogens (tertiary/aromatic N) is 1. The fourth-order valence-corrected chi connectivity index (χ4v) is 5.54. The molecule has 0 aliphatic rings. The van der Waals surface area contributed by atoms with Crippen molar-refractivity contribution in [1.29, 1.82) is 0 Å². The van der Waals surface area contributed by atoms with Crippen molar-refractivity contribution in [2.75, 3.05) is 41.0 Å². The van der Waals surface area contributed by atoms with Gasteiger partial charge in [-0.05, 0) is 12.8 Å². The van der Waals surface area contributed by atoms with Gasteiger partial charge < -0.3 is 28.6 Å². The van der Waals surface area contributed by atoms with Crippen molar-refractivity contribution >= 4 is 17.9 Å². The zero-order chi connectivity index (χ0) is 33.6. The number of rotatable bonds is 33. The molecule has 0 amide bonds. The molecule has 0 aromatic carbocycles. The number of aliphatic carboxylic acids is 1. The molecule has 8 heteroatoms. The fourth-order valence-electron chi connectivity index (χ4n) is 5.54. The van der Waals surface area contributed by atoms with E-state index in [-0.39, 0.29) is 42.7 Å². The summed E-state index contributed by atoms with van der Waals surface area (Å²) >= 11 is 0. The third-order valence-corrected chi connectivity index (χ3v) is 8.49. The Hall–Kier alpha value is -1.67. The van der Waals surface area contributed by atoms with E-state index in [2.05, 4.69) is 13.8 Å².